The topological polar surface area (TPSA) is 57.7 Å². The highest BCUT2D eigenvalue weighted by Crippen LogP contribution is 2.31. The van der Waals surface area contributed by atoms with Gasteiger partial charge in [-0.25, -0.2) is 0 Å². The lowest BCUT2D eigenvalue weighted by Crippen LogP contribution is -2.57. The molecule has 6 nitrogen and oxygen atoms in total. The van der Waals surface area contributed by atoms with Gasteiger partial charge < -0.3 is 19.9 Å². The van der Waals surface area contributed by atoms with E-state index in [1.54, 1.807) is 7.11 Å². The second kappa shape index (κ2) is 7.04. The van der Waals surface area contributed by atoms with Crippen LogP contribution in [0.1, 0.15) is 29.8 Å². The SMILES string of the molecule is COC1CCN(c2ccc3snc(C(=O)N[C@@H]4CN5CCC4CC5)c3c2)C1. The van der Waals surface area contributed by atoms with Crippen LogP contribution in [-0.2, 0) is 4.74 Å². The van der Waals surface area contributed by atoms with Crippen molar-refractivity contribution in [2.24, 2.45) is 5.92 Å². The van der Waals surface area contributed by atoms with E-state index in [-0.39, 0.29) is 11.9 Å². The first-order chi connectivity index (χ1) is 13.2. The predicted molar refractivity (Wildman–Crippen MR) is 108 cm³/mol. The zero-order valence-electron chi connectivity index (χ0n) is 15.7. The van der Waals surface area contributed by atoms with Crippen LogP contribution in [0, 0.1) is 5.92 Å². The summed E-state index contributed by atoms with van der Waals surface area (Å²) in [7, 11) is 1.77. The van der Waals surface area contributed by atoms with Gasteiger partial charge in [-0.2, -0.15) is 4.37 Å². The summed E-state index contributed by atoms with van der Waals surface area (Å²) < 4.78 is 11.1. The number of hydrogen-bond acceptors (Lipinski definition) is 6. The molecular formula is C20H26N4O2S. The lowest BCUT2D eigenvalue weighted by Gasteiger charge is -2.44. The molecule has 2 atom stereocenters. The van der Waals surface area contributed by atoms with Crippen LogP contribution < -0.4 is 10.2 Å². The Morgan fingerprint density at radius 1 is 1.22 bits per heavy atom. The van der Waals surface area contributed by atoms with Gasteiger partial charge >= 0.3 is 0 Å². The minimum Gasteiger partial charge on any atom is -0.380 e. The van der Waals surface area contributed by atoms with E-state index in [0.29, 0.717) is 17.7 Å². The zero-order valence-corrected chi connectivity index (χ0v) is 16.5. The van der Waals surface area contributed by atoms with Crippen molar-refractivity contribution in [2.45, 2.75) is 31.4 Å². The van der Waals surface area contributed by atoms with Crippen molar-refractivity contribution in [1.29, 1.82) is 0 Å². The van der Waals surface area contributed by atoms with Gasteiger partial charge in [0, 0.05) is 43.9 Å². The quantitative estimate of drug-likeness (QED) is 0.874. The van der Waals surface area contributed by atoms with Gasteiger partial charge in [0.25, 0.3) is 5.91 Å². The molecule has 0 saturated carbocycles. The lowest BCUT2D eigenvalue weighted by molar-refractivity contribution is 0.0619. The molecule has 7 heteroatoms. The Balaban J connectivity index is 1.37. The summed E-state index contributed by atoms with van der Waals surface area (Å²) in [6.07, 6.45) is 3.73. The molecule has 6 rings (SSSR count). The number of methoxy groups -OCH3 is 1. The average Bonchev–Trinajstić information content (AvgIpc) is 3.35. The Labute approximate surface area is 163 Å². The molecule has 1 aromatic carbocycles. The maximum Gasteiger partial charge on any atom is 0.271 e. The Kier molecular flexibility index (Phi) is 4.53. The maximum absolute atomic E-state index is 13.0. The molecule has 0 radical (unpaired) electrons. The van der Waals surface area contributed by atoms with Gasteiger partial charge in [-0.1, -0.05) is 0 Å². The fourth-order valence-electron chi connectivity index (χ4n) is 4.81. The van der Waals surface area contributed by atoms with Crippen LogP contribution in [-0.4, -0.2) is 67.2 Å². The van der Waals surface area contributed by atoms with E-state index in [0.717, 1.165) is 41.8 Å². The normalized spacial score (nSPS) is 30.2. The molecule has 5 heterocycles. The summed E-state index contributed by atoms with van der Waals surface area (Å²) in [6.45, 7) is 5.23. The smallest absolute Gasteiger partial charge is 0.271 e. The Bertz CT molecular complexity index is 846. The summed E-state index contributed by atoms with van der Waals surface area (Å²) in [6, 6.07) is 6.62. The molecule has 2 aromatic rings. The number of fused-ring (bicyclic) bond motifs is 4. The van der Waals surface area contributed by atoms with Crippen molar-refractivity contribution >= 4 is 33.2 Å². The zero-order chi connectivity index (χ0) is 18.4. The van der Waals surface area contributed by atoms with E-state index in [2.05, 4.69) is 37.7 Å². The number of piperidine rings is 3. The number of carbonyl (C=O) groups is 1. The van der Waals surface area contributed by atoms with Gasteiger partial charge in [-0.05, 0) is 68.0 Å². The molecule has 1 N–H and O–H groups in total. The van der Waals surface area contributed by atoms with Crippen molar-refractivity contribution in [1.82, 2.24) is 14.6 Å². The van der Waals surface area contributed by atoms with Crippen LogP contribution in [0.25, 0.3) is 10.1 Å². The molecule has 1 aromatic heterocycles. The first-order valence-electron chi connectivity index (χ1n) is 9.91. The summed E-state index contributed by atoms with van der Waals surface area (Å²) in [4.78, 5) is 17.8. The maximum atomic E-state index is 13.0. The van der Waals surface area contributed by atoms with Crippen LogP contribution in [0.4, 0.5) is 5.69 Å². The summed E-state index contributed by atoms with van der Waals surface area (Å²) in [5.41, 5.74) is 1.73. The van der Waals surface area contributed by atoms with Crippen molar-refractivity contribution in [3.63, 3.8) is 0 Å². The number of aromatic nitrogens is 1. The van der Waals surface area contributed by atoms with Gasteiger partial charge in [0.05, 0.1) is 10.8 Å². The summed E-state index contributed by atoms with van der Waals surface area (Å²) in [5.74, 6) is 0.600. The highest BCUT2D eigenvalue weighted by molar-refractivity contribution is 7.13. The molecule has 1 amide bonds. The number of hydrogen-bond donors (Lipinski definition) is 1. The standard InChI is InChI=1S/C20H26N4O2S/c1-26-15-6-9-24(11-15)14-2-3-18-16(10-14)19(22-27-18)20(25)21-17-12-23-7-4-13(17)5-8-23/h2-3,10,13,15,17H,4-9,11-12H2,1H3,(H,21,25)/t15?,17-/m1/s1. The fraction of sp³-hybridized carbons (Fsp3) is 0.600. The molecule has 4 saturated heterocycles. The Hall–Kier alpha value is -1.70. The van der Waals surface area contributed by atoms with Crippen molar-refractivity contribution in [3.8, 4) is 0 Å². The fourth-order valence-corrected chi connectivity index (χ4v) is 5.56. The molecule has 4 aliphatic rings. The molecule has 4 fully saturated rings. The van der Waals surface area contributed by atoms with E-state index in [4.69, 9.17) is 4.74 Å². The molecule has 4 aliphatic heterocycles. The minimum atomic E-state index is -0.0201. The monoisotopic (exact) mass is 386 g/mol. The first kappa shape index (κ1) is 17.4. The van der Waals surface area contributed by atoms with Crippen LogP contribution in [0.15, 0.2) is 18.2 Å². The lowest BCUT2D eigenvalue weighted by atomic mass is 9.84. The largest absolute Gasteiger partial charge is 0.380 e. The Morgan fingerprint density at radius 2 is 2.07 bits per heavy atom. The van der Waals surface area contributed by atoms with E-state index < -0.39 is 0 Å². The second-order valence-electron chi connectivity index (χ2n) is 8.02. The third kappa shape index (κ3) is 3.22. The number of nitrogens with one attached hydrogen (secondary N) is 1. The van der Waals surface area contributed by atoms with Crippen LogP contribution in [0.3, 0.4) is 0 Å². The predicted octanol–water partition coefficient (Wildman–Crippen LogP) is 2.35. The molecule has 1 unspecified atom stereocenters. The van der Waals surface area contributed by atoms with Gasteiger partial charge in [0.2, 0.25) is 0 Å². The third-order valence-corrected chi connectivity index (χ3v) is 7.31. The van der Waals surface area contributed by atoms with Gasteiger partial charge in [-0.3, -0.25) is 4.79 Å². The molecule has 27 heavy (non-hydrogen) atoms. The number of amides is 1. The van der Waals surface area contributed by atoms with Crippen LogP contribution in [0.5, 0.6) is 0 Å². The Morgan fingerprint density at radius 3 is 2.78 bits per heavy atom. The van der Waals surface area contributed by atoms with Gasteiger partial charge in [-0.15, -0.1) is 0 Å². The molecule has 0 spiro atoms. The number of anilines is 1. The number of nitrogens with zero attached hydrogens (tertiary/aromatic N) is 3. The van der Waals surface area contributed by atoms with Crippen LogP contribution in [0.2, 0.25) is 0 Å². The van der Waals surface area contributed by atoms with Crippen molar-refractivity contribution in [3.05, 3.63) is 23.9 Å². The van der Waals surface area contributed by atoms with Crippen molar-refractivity contribution < 1.29 is 9.53 Å². The van der Waals surface area contributed by atoms with E-state index >= 15 is 0 Å². The van der Waals surface area contributed by atoms with Gasteiger partial charge in [0.15, 0.2) is 0 Å². The molecule has 0 aliphatic carbocycles. The first-order valence-corrected chi connectivity index (χ1v) is 10.7. The highest BCUT2D eigenvalue weighted by atomic mass is 32.1. The molecular weight excluding hydrogens is 360 g/mol. The van der Waals surface area contributed by atoms with E-state index in [1.807, 2.05) is 0 Å². The van der Waals surface area contributed by atoms with Gasteiger partial charge in [0.1, 0.15) is 5.69 Å². The summed E-state index contributed by atoms with van der Waals surface area (Å²) in [5, 5.41) is 4.25. The average molecular weight is 387 g/mol. The number of ether oxygens (including phenoxy) is 1. The molecule has 2 bridgehead atoms. The second-order valence-corrected chi connectivity index (χ2v) is 8.83. The number of carbonyl (C=O) groups excluding carboxylic acids is 1. The van der Waals surface area contributed by atoms with Crippen LogP contribution >= 0.6 is 11.5 Å². The van der Waals surface area contributed by atoms with E-state index in [1.165, 1.54) is 37.5 Å². The number of benzene rings is 1. The third-order valence-electron chi connectivity index (χ3n) is 6.48. The number of rotatable bonds is 4. The van der Waals surface area contributed by atoms with Crippen molar-refractivity contribution in [2.75, 3.05) is 44.7 Å². The molecule has 144 valence electrons. The van der Waals surface area contributed by atoms with E-state index in [9.17, 15) is 4.79 Å². The highest BCUT2D eigenvalue weighted by Gasteiger charge is 2.35. The summed E-state index contributed by atoms with van der Waals surface area (Å²) >= 11 is 1.41. The minimum absolute atomic E-state index is 0.0201.